The lowest BCUT2D eigenvalue weighted by atomic mass is 9.98. The van der Waals surface area contributed by atoms with Gasteiger partial charge in [0.2, 0.25) is 0 Å². The molecule has 18 heavy (non-hydrogen) atoms. The molecule has 0 saturated carbocycles. The Balaban J connectivity index is 1.95. The quantitative estimate of drug-likeness (QED) is 0.783. The number of hydrogen-bond donors (Lipinski definition) is 1. The molecular formula is C13H23FN2O2. The maximum absolute atomic E-state index is 13.9. The molecule has 2 aliphatic rings. The summed E-state index contributed by atoms with van der Waals surface area (Å²) in [5.74, 6) is 0. The summed E-state index contributed by atoms with van der Waals surface area (Å²) < 4.78 is 19.2. The van der Waals surface area contributed by atoms with E-state index in [0.717, 1.165) is 12.8 Å². The average molecular weight is 258 g/mol. The van der Waals surface area contributed by atoms with Crippen molar-refractivity contribution in [2.45, 2.75) is 69.9 Å². The van der Waals surface area contributed by atoms with E-state index < -0.39 is 17.9 Å². The van der Waals surface area contributed by atoms with Crippen molar-refractivity contribution in [3.8, 4) is 0 Å². The van der Waals surface area contributed by atoms with Crippen molar-refractivity contribution >= 4 is 6.09 Å². The maximum Gasteiger partial charge on any atom is 0.407 e. The average Bonchev–Trinajstić information content (AvgIpc) is 2.37. The number of carbonyl (C=O) groups excluding carboxylic acids is 1. The Morgan fingerprint density at radius 2 is 2.06 bits per heavy atom. The molecule has 2 saturated heterocycles. The molecule has 2 rings (SSSR count). The van der Waals surface area contributed by atoms with Gasteiger partial charge in [0.1, 0.15) is 11.8 Å². The second kappa shape index (κ2) is 4.68. The van der Waals surface area contributed by atoms with Crippen LogP contribution in [0.25, 0.3) is 0 Å². The molecular weight excluding hydrogens is 235 g/mol. The minimum Gasteiger partial charge on any atom is -0.444 e. The van der Waals surface area contributed by atoms with E-state index >= 15 is 0 Å². The maximum atomic E-state index is 13.9. The molecule has 0 aliphatic carbocycles. The van der Waals surface area contributed by atoms with E-state index in [0.29, 0.717) is 12.5 Å². The van der Waals surface area contributed by atoms with Gasteiger partial charge in [0, 0.05) is 6.04 Å². The number of hydrogen-bond acceptors (Lipinski definition) is 3. The molecule has 5 heteroatoms. The van der Waals surface area contributed by atoms with Gasteiger partial charge in [-0.05, 0) is 47.1 Å². The number of alkyl carbamates (subject to hydrolysis) is 1. The molecule has 0 aromatic rings. The van der Waals surface area contributed by atoms with Gasteiger partial charge in [-0.3, -0.25) is 4.90 Å². The van der Waals surface area contributed by atoms with E-state index in [1.165, 1.54) is 0 Å². The van der Waals surface area contributed by atoms with Crippen LogP contribution in [0.2, 0.25) is 0 Å². The van der Waals surface area contributed by atoms with Crippen molar-refractivity contribution in [3.05, 3.63) is 0 Å². The van der Waals surface area contributed by atoms with Gasteiger partial charge < -0.3 is 10.1 Å². The highest BCUT2D eigenvalue weighted by atomic mass is 19.1. The van der Waals surface area contributed by atoms with E-state index in [4.69, 9.17) is 4.74 Å². The van der Waals surface area contributed by atoms with E-state index in [-0.39, 0.29) is 12.1 Å². The molecule has 2 heterocycles. The van der Waals surface area contributed by atoms with Crippen molar-refractivity contribution in [1.29, 1.82) is 0 Å². The summed E-state index contributed by atoms with van der Waals surface area (Å²) in [6, 6.07) is -0.00319. The zero-order chi connectivity index (χ0) is 13.5. The predicted molar refractivity (Wildman–Crippen MR) is 67.2 cm³/mol. The molecule has 0 aromatic heterocycles. The SMILES string of the molecule is CN1[C@H]2CC[C@H](NC(=O)OC(C)(C)C)[C@@H]1[C@@H](F)C2. The molecule has 2 bridgehead atoms. The Bertz CT molecular complexity index is 329. The van der Waals surface area contributed by atoms with Crippen LogP contribution in [0.4, 0.5) is 9.18 Å². The number of carbonyl (C=O) groups is 1. The van der Waals surface area contributed by atoms with Crippen molar-refractivity contribution < 1.29 is 13.9 Å². The van der Waals surface area contributed by atoms with Crippen LogP contribution in [0.5, 0.6) is 0 Å². The molecule has 0 unspecified atom stereocenters. The number of amides is 1. The number of likely N-dealkylation sites (N-methyl/N-ethyl adjacent to an activating group) is 1. The summed E-state index contributed by atoms with van der Waals surface area (Å²) in [7, 11) is 1.94. The molecule has 0 radical (unpaired) electrons. The molecule has 104 valence electrons. The number of fused-ring (bicyclic) bond motifs is 2. The fraction of sp³-hybridized carbons (Fsp3) is 0.923. The van der Waals surface area contributed by atoms with Crippen LogP contribution in [0.1, 0.15) is 40.0 Å². The zero-order valence-electron chi connectivity index (χ0n) is 11.6. The third-order valence-electron chi connectivity index (χ3n) is 3.84. The first-order valence-electron chi connectivity index (χ1n) is 6.63. The van der Waals surface area contributed by atoms with Crippen LogP contribution in [0.15, 0.2) is 0 Å². The largest absolute Gasteiger partial charge is 0.444 e. The topological polar surface area (TPSA) is 41.6 Å². The summed E-state index contributed by atoms with van der Waals surface area (Å²) >= 11 is 0. The fourth-order valence-corrected chi connectivity index (χ4v) is 3.08. The van der Waals surface area contributed by atoms with E-state index in [2.05, 4.69) is 10.2 Å². The van der Waals surface area contributed by atoms with Gasteiger partial charge in [0.15, 0.2) is 0 Å². The number of nitrogens with one attached hydrogen (secondary N) is 1. The number of ether oxygens (including phenoxy) is 1. The van der Waals surface area contributed by atoms with E-state index in [9.17, 15) is 9.18 Å². The predicted octanol–water partition coefficient (Wildman–Crippen LogP) is 2.08. The normalized spacial score (nSPS) is 36.5. The van der Waals surface area contributed by atoms with Gasteiger partial charge in [0.25, 0.3) is 0 Å². The lowest BCUT2D eigenvalue weighted by Gasteiger charge is -2.38. The molecule has 1 N–H and O–H groups in total. The second-order valence-electron chi connectivity index (χ2n) is 6.39. The molecule has 2 aliphatic heterocycles. The standard InChI is InChI=1S/C13H23FN2O2/c1-13(2,3)18-12(17)15-10-6-5-8-7-9(14)11(10)16(8)4/h8-11H,5-7H2,1-4H3,(H,15,17)/t8-,9-,10-,11-/m0/s1. The van der Waals surface area contributed by atoms with Gasteiger partial charge in [0.05, 0.1) is 12.1 Å². The third kappa shape index (κ3) is 2.76. The highest BCUT2D eigenvalue weighted by molar-refractivity contribution is 5.68. The van der Waals surface area contributed by atoms with Crippen molar-refractivity contribution in [2.75, 3.05) is 7.05 Å². The number of alkyl halides is 1. The van der Waals surface area contributed by atoms with Gasteiger partial charge in [-0.1, -0.05) is 0 Å². The van der Waals surface area contributed by atoms with Crippen LogP contribution in [-0.4, -0.2) is 47.9 Å². The smallest absolute Gasteiger partial charge is 0.407 e. The second-order valence-corrected chi connectivity index (χ2v) is 6.39. The van der Waals surface area contributed by atoms with Gasteiger partial charge in [-0.15, -0.1) is 0 Å². The molecule has 0 aromatic carbocycles. The number of rotatable bonds is 1. The fourth-order valence-electron chi connectivity index (χ4n) is 3.08. The molecule has 0 spiro atoms. The van der Waals surface area contributed by atoms with E-state index in [1.807, 2.05) is 27.8 Å². The van der Waals surface area contributed by atoms with Crippen molar-refractivity contribution in [1.82, 2.24) is 10.2 Å². The summed E-state index contributed by atoms with van der Waals surface area (Å²) in [4.78, 5) is 13.8. The summed E-state index contributed by atoms with van der Waals surface area (Å²) in [6.07, 6.45) is 1.07. The van der Waals surface area contributed by atoms with Gasteiger partial charge >= 0.3 is 6.09 Å². The Kier molecular flexibility index (Phi) is 3.54. The Morgan fingerprint density at radius 3 is 2.67 bits per heavy atom. The number of nitrogens with zero attached hydrogens (tertiary/aromatic N) is 1. The molecule has 4 atom stereocenters. The first-order chi connectivity index (χ1) is 8.28. The van der Waals surface area contributed by atoms with Gasteiger partial charge in [-0.2, -0.15) is 0 Å². The molecule has 4 nitrogen and oxygen atoms in total. The third-order valence-corrected chi connectivity index (χ3v) is 3.84. The minimum atomic E-state index is -0.845. The van der Waals surface area contributed by atoms with Crippen molar-refractivity contribution in [2.24, 2.45) is 0 Å². The van der Waals surface area contributed by atoms with Gasteiger partial charge in [-0.25, -0.2) is 9.18 Å². The minimum absolute atomic E-state index is 0.140. The number of halogens is 1. The van der Waals surface area contributed by atoms with E-state index in [1.54, 1.807) is 0 Å². The first-order valence-corrected chi connectivity index (χ1v) is 6.63. The van der Waals surface area contributed by atoms with Crippen LogP contribution in [0.3, 0.4) is 0 Å². The summed E-state index contributed by atoms with van der Waals surface area (Å²) in [5.41, 5.74) is -0.516. The van der Waals surface area contributed by atoms with Crippen LogP contribution >= 0.6 is 0 Å². The summed E-state index contributed by atoms with van der Waals surface area (Å²) in [5, 5.41) is 2.82. The number of piperidine rings is 1. The Morgan fingerprint density at radius 1 is 1.39 bits per heavy atom. The Hall–Kier alpha value is -0.840. The van der Waals surface area contributed by atoms with Crippen LogP contribution in [0, 0.1) is 0 Å². The highest BCUT2D eigenvalue weighted by Crippen LogP contribution is 2.36. The monoisotopic (exact) mass is 258 g/mol. The summed E-state index contributed by atoms with van der Waals surface area (Å²) in [6.45, 7) is 5.47. The lowest BCUT2D eigenvalue weighted by molar-refractivity contribution is 0.0410. The lowest BCUT2D eigenvalue weighted by Crippen LogP contribution is -2.55. The van der Waals surface area contributed by atoms with Crippen LogP contribution < -0.4 is 5.32 Å². The first kappa shape index (κ1) is 13.6. The van der Waals surface area contributed by atoms with Crippen LogP contribution in [-0.2, 0) is 4.74 Å². The highest BCUT2D eigenvalue weighted by Gasteiger charge is 2.47. The Labute approximate surface area is 108 Å². The molecule has 2 fully saturated rings. The van der Waals surface area contributed by atoms with Crippen molar-refractivity contribution in [3.63, 3.8) is 0 Å². The zero-order valence-corrected chi connectivity index (χ0v) is 11.6. The molecule has 1 amide bonds.